The third-order valence-electron chi connectivity index (χ3n) is 4.73. The average molecular weight is 343 g/mol. The number of para-hydroxylation sites is 2. The highest BCUT2D eigenvalue weighted by Crippen LogP contribution is 2.19. The number of hydrogen-bond donors (Lipinski definition) is 1. The maximum absolute atomic E-state index is 12.4. The molecule has 1 aromatic heterocycles. The van der Waals surface area contributed by atoms with E-state index in [4.69, 9.17) is 0 Å². The molecule has 1 heterocycles. The number of rotatable bonds is 5. The van der Waals surface area contributed by atoms with Crippen LogP contribution in [-0.2, 0) is 17.8 Å². The maximum atomic E-state index is 12.4. The molecule has 1 amide bonds. The van der Waals surface area contributed by atoms with Crippen molar-refractivity contribution in [2.75, 3.05) is 6.54 Å². The zero-order chi connectivity index (χ0) is 17.9. The number of benzene rings is 3. The van der Waals surface area contributed by atoms with Crippen LogP contribution >= 0.6 is 0 Å². The van der Waals surface area contributed by atoms with Crippen LogP contribution in [0.1, 0.15) is 11.4 Å². The SMILES string of the molecule is Cc1nc2ccccc2n1CCNC(=O)Cc1cccc2ccccc12. The lowest BCUT2D eigenvalue weighted by molar-refractivity contribution is -0.120. The van der Waals surface area contributed by atoms with Gasteiger partial charge in [-0.1, -0.05) is 54.6 Å². The van der Waals surface area contributed by atoms with E-state index in [2.05, 4.69) is 39.1 Å². The van der Waals surface area contributed by atoms with E-state index in [0.717, 1.165) is 27.8 Å². The first kappa shape index (κ1) is 16.3. The van der Waals surface area contributed by atoms with Crippen LogP contribution in [0.3, 0.4) is 0 Å². The first-order valence-electron chi connectivity index (χ1n) is 8.87. The maximum Gasteiger partial charge on any atom is 0.224 e. The van der Waals surface area contributed by atoms with Crippen molar-refractivity contribution in [3.05, 3.63) is 78.1 Å². The Morgan fingerprint density at radius 3 is 2.69 bits per heavy atom. The minimum atomic E-state index is 0.0448. The molecule has 4 heteroatoms. The van der Waals surface area contributed by atoms with Crippen LogP contribution < -0.4 is 5.32 Å². The molecule has 1 N–H and O–H groups in total. The van der Waals surface area contributed by atoms with Crippen LogP contribution in [0.25, 0.3) is 21.8 Å². The van der Waals surface area contributed by atoms with Gasteiger partial charge in [-0.3, -0.25) is 4.79 Å². The van der Waals surface area contributed by atoms with Gasteiger partial charge in [0, 0.05) is 13.1 Å². The van der Waals surface area contributed by atoms with E-state index in [0.29, 0.717) is 19.5 Å². The molecule has 0 atom stereocenters. The zero-order valence-corrected chi connectivity index (χ0v) is 14.8. The van der Waals surface area contributed by atoms with Crippen LogP contribution in [-0.4, -0.2) is 22.0 Å². The van der Waals surface area contributed by atoms with Crippen molar-refractivity contribution in [3.8, 4) is 0 Å². The Labute approximate surface area is 152 Å². The molecule has 3 aromatic carbocycles. The largest absolute Gasteiger partial charge is 0.354 e. The second kappa shape index (κ2) is 7.00. The summed E-state index contributed by atoms with van der Waals surface area (Å²) in [7, 11) is 0. The van der Waals surface area contributed by atoms with E-state index in [9.17, 15) is 4.79 Å². The summed E-state index contributed by atoms with van der Waals surface area (Å²) >= 11 is 0. The van der Waals surface area contributed by atoms with Crippen LogP contribution in [0.4, 0.5) is 0 Å². The smallest absolute Gasteiger partial charge is 0.224 e. The number of amides is 1. The Balaban J connectivity index is 1.42. The second-order valence-corrected chi connectivity index (χ2v) is 6.46. The Hall–Kier alpha value is -3.14. The van der Waals surface area contributed by atoms with Crippen molar-refractivity contribution < 1.29 is 4.79 Å². The fourth-order valence-corrected chi connectivity index (χ4v) is 3.47. The van der Waals surface area contributed by atoms with Crippen molar-refractivity contribution in [1.29, 1.82) is 0 Å². The molecular weight excluding hydrogens is 322 g/mol. The molecule has 4 aromatic rings. The summed E-state index contributed by atoms with van der Waals surface area (Å²) in [6.45, 7) is 3.30. The van der Waals surface area contributed by atoms with E-state index in [1.165, 1.54) is 5.39 Å². The van der Waals surface area contributed by atoms with E-state index in [1.54, 1.807) is 0 Å². The monoisotopic (exact) mass is 343 g/mol. The molecule has 0 bridgehead atoms. The van der Waals surface area contributed by atoms with Gasteiger partial charge in [-0.05, 0) is 35.4 Å². The van der Waals surface area contributed by atoms with Crippen molar-refractivity contribution in [3.63, 3.8) is 0 Å². The Bertz CT molecular complexity index is 1080. The number of nitrogens with one attached hydrogen (secondary N) is 1. The standard InChI is InChI=1S/C22H21N3O/c1-16-24-20-11-4-5-12-21(20)25(16)14-13-23-22(26)15-18-9-6-8-17-7-2-3-10-19(17)18/h2-12H,13-15H2,1H3,(H,23,26). The summed E-state index contributed by atoms with van der Waals surface area (Å²) in [4.78, 5) is 17.0. The van der Waals surface area contributed by atoms with Gasteiger partial charge in [-0.25, -0.2) is 4.98 Å². The number of aromatic nitrogens is 2. The quantitative estimate of drug-likeness (QED) is 0.598. The molecule has 0 unspecified atom stereocenters. The molecule has 0 aliphatic rings. The van der Waals surface area contributed by atoms with Gasteiger partial charge in [0.15, 0.2) is 0 Å². The molecule has 130 valence electrons. The number of nitrogens with zero attached hydrogens (tertiary/aromatic N) is 2. The molecule has 26 heavy (non-hydrogen) atoms. The molecule has 0 radical (unpaired) electrons. The molecule has 0 aliphatic heterocycles. The highest BCUT2D eigenvalue weighted by atomic mass is 16.1. The number of fused-ring (bicyclic) bond motifs is 2. The zero-order valence-electron chi connectivity index (χ0n) is 14.8. The Kier molecular flexibility index (Phi) is 4.40. The van der Waals surface area contributed by atoms with Gasteiger partial charge in [0.05, 0.1) is 17.5 Å². The number of aryl methyl sites for hydroxylation is 1. The lowest BCUT2D eigenvalue weighted by atomic mass is 10.0. The van der Waals surface area contributed by atoms with Crippen molar-refractivity contribution in [2.24, 2.45) is 0 Å². The van der Waals surface area contributed by atoms with E-state index >= 15 is 0 Å². The molecular formula is C22H21N3O. The van der Waals surface area contributed by atoms with Crippen molar-refractivity contribution in [1.82, 2.24) is 14.9 Å². The van der Waals surface area contributed by atoms with Gasteiger partial charge >= 0.3 is 0 Å². The molecule has 0 saturated carbocycles. The molecule has 4 rings (SSSR count). The third kappa shape index (κ3) is 3.18. The number of imidazole rings is 1. The topological polar surface area (TPSA) is 46.9 Å². The van der Waals surface area contributed by atoms with Crippen molar-refractivity contribution in [2.45, 2.75) is 19.9 Å². The molecule has 0 fully saturated rings. The van der Waals surface area contributed by atoms with Gasteiger partial charge in [0.2, 0.25) is 5.91 Å². The Morgan fingerprint density at radius 2 is 1.77 bits per heavy atom. The van der Waals surface area contributed by atoms with Gasteiger partial charge in [0.1, 0.15) is 5.82 Å². The summed E-state index contributed by atoms with van der Waals surface area (Å²) in [5, 5.41) is 5.34. The van der Waals surface area contributed by atoms with Gasteiger partial charge in [0.25, 0.3) is 0 Å². The molecule has 0 saturated heterocycles. The minimum Gasteiger partial charge on any atom is -0.354 e. The lowest BCUT2D eigenvalue weighted by Gasteiger charge is -2.10. The summed E-state index contributed by atoms with van der Waals surface area (Å²) in [5.41, 5.74) is 3.16. The first-order chi connectivity index (χ1) is 12.7. The summed E-state index contributed by atoms with van der Waals surface area (Å²) < 4.78 is 2.15. The highest BCUT2D eigenvalue weighted by Gasteiger charge is 2.09. The van der Waals surface area contributed by atoms with Gasteiger partial charge < -0.3 is 9.88 Å². The van der Waals surface area contributed by atoms with Crippen LogP contribution in [0.15, 0.2) is 66.7 Å². The summed E-state index contributed by atoms with van der Waals surface area (Å²) in [6, 6.07) is 22.4. The predicted octanol–water partition coefficient (Wildman–Crippen LogP) is 3.86. The average Bonchev–Trinajstić information content (AvgIpc) is 2.98. The van der Waals surface area contributed by atoms with Crippen LogP contribution in [0.2, 0.25) is 0 Å². The fourth-order valence-electron chi connectivity index (χ4n) is 3.47. The second-order valence-electron chi connectivity index (χ2n) is 6.46. The predicted molar refractivity (Wildman–Crippen MR) is 105 cm³/mol. The highest BCUT2D eigenvalue weighted by molar-refractivity contribution is 5.90. The third-order valence-corrected chi connectivity index (χ3v) is 4.73. The summed E-state index contributed by atoms with van der Waals surface area (Å²) in [6.07, 6.45) is 0.394. The van der Waals surface area contributed by atoms with Crippen LogP contribution in [0, 0.1) is 6.92 Å². The normalized spacial score (nSPS) is 11.1. The lowest BCUT2D eigenvalue weighted by Crippen LogP contribution is -2.28. The number of carbonyl (C=O) groups excluding carboxylic acids is 1. The van der Waals surface area contributed by atoms with Gasteiger partial charge in [-0.2, -0.15) is 0 Å². The van der Waals surface area contributed by atoms with E-state index in [-0.39, 0.29) is 5.91 Å². The molecule has 0 aliphatic carbocycles. The first-order valence-corrected chi connectivity index (χ1v) is 8.87. The van der Waals surface area contributed by atoms with Gasteiger partial charge in [-0.15, -0.1) is 0 Å². The number of hydrogen-bond acceptors (Lipinski definition) is 2. The summed E-state index contributed by atoms with van der Waals surface area (Å²) in [5.74, 6) is 1.01. The van der Waals surface area contributed by atoms with Crippen LogP contribution in [0.5, 0.6) is 0 Å². The number of carbonyl (C=O) groups is 1. The minimum absolute atomic E-state index is 0.0448. The van der Waals surface area contributed by atoms with E-state index in [1.807, 2.05) is 49.4 Å². The molecule has 0 spiro atoms. The van der Waals surface area contributed by atoms with Crippen molar-refractivity contribution >= 4 is 27.7 Å². The molecule has 4 nitrogen and oxygen atoms in total. The Morgan fingerprint density at radius 1 is 1.00 bits per heavy atom. The fraction of sp³-hybridized carbons (Fsp3) is 0.182. The van der Waals surface area contributed by atoms with E-state index < -0.39 is 0 Å².